The largest absolute Gasteiger partial charge is 0.507 e. The fraction of sp³-hybridized carbons (Fsp3) is 0.208. The molecule has 2 nitrogen and oxygen atoms in total. The number of unbranched alkanes of at least 4 members (excludes halogenated alkanes) is 1. The summed E-state index contributed by atoms with van der Waals surface area (Å²) in [5.41, 5.74) is 2.08. The molecule has 0 spiro atoms. The SMILES string of the molecule is CCCCSC/C(=C/c1ccccc1)C(=O)c1cc2ccccc2cc1O. The third-order valence-corrected chi connectivity index (χ3v) is 5.53. The van der Waals surface area contributed by atoms with E-state index >= 15 is 0 Å². The molecule has 3 heteroatoms. The van der Waals surface area contributed by atoms with E-state index < -0.39 is 0 Å². The maximum atomic E-state index is 13.2. The molecule has 0 saturated carbocycles. The highest BCUT2D eigenvalue weighted by Crippen LogP contribution is 2.28. The molecular formula is C24H24O2S. The molecule has 0 aliphatic rings. The molecule has 27 heavy (non-hydrogen) atoms. The summed E-state index contributed by atoms with van der Waals surface area (Å²) in [6, 6.07) is 21.1. The van der Waals surface area contributed by atoms with Crippen molar-refractivity contribution >= 4 is 34.4 Å². The van der Waals surface area contributed by atoms with Crippen molar-refractivity contribution < 1.29 is 9.90 Å². The number of hydrogen-bond donors (Lipinski definition) is 1. The maximum absolute atomic E-state index is 13.2. The van der Waals surface area contributed by atoms with E-state index in [2.05, 4.69) is 6.92 Å². The van der Waals surface area contributed by atoms with Crippen LogP contribution in [0.15, 0.2) is 72.3 Å². The third kappa shape index (κ3) is 5.01. The number of carbonyl (C=O) groups excluding carboxylic acids is 1. The van der Waals surface area contributed by atoms with Crippen LogP contribution in [-0.4, -0.2) is 22.4 Å². The Morgan fingerprint density at radius 1 is 1.00 bits per heavy atom. The Balaban J connectivity index is 1.94. The van der Waals surface area contributed by atoms with E-state index in [1.54, 1.807) is 23.9 Å². The Morgan fingerprint density at radius 2 is 1.67 bits per heavy atom. The van der Waals surface area contributed by atoms with Gasteiger partial charge in [0.2, 0.25) is 0 Å². The Hall–Kier alpha value is -2.52. The first-order valence-electron chi connectivity index (χ1n) is 9.29. The van der Waals surface area contributed by atoms with Gasteiger partial charge in [0.05, 0.1) is 5.56 Å². The highest BCUT2D eigenvalue weighted by Gasteiger charge is 2.17. The summed E-state index contributed by atoms with van der Waals surface area (Å²) >= 11 is 1.77. The van der Waals surface area contributed by atoms with Gasteiger partial charge in [-0.15, -0.1) is 0 Å². The number of fused-ring (bicyclic) bond motifs is 1. The summed E-state index contributed by atoms with van der Waals surface area (Å²) in [7, 11) is 0. The topological polar surface area (TPSA) is 37.3 Å². The summed E-state index contributed by atoms with van der Waals surface area (Å²) in [6.07, 6.45) is 4.22. The summed E-state index contributed by atoms with van der Waals surface area (Å²) in [4.78, 5) is 13.2. The van der Waals surface area contributed by atoms with E-state index in [-0.39, 0.29) is 11.5 Å². The lowest BCUT2D eigenvalue weighted by Gasteiger charge is -2.10. The van der Waals surface area contributed by atoms with Crippen LogP contribution in [0, 0.1) is 0 Å². The number of thioether (sulfide) groups is 1. The maximum Gasteiger partial charge on any atom is 0.193 e. The lowest BCUT2D eigenvalue weighted by Crippen LogP contribution is -2.07. The van der Waals surface area contributed by atoms with Gasteiger partial charge in [-0.2, -0.15) is 11.8 Å². The molecule has 0 bridgehead atoms. The van der Waals surface area contributed by atoms with Gasteiger partial charge in [0.15, 0.2) is 5.78 Å². The minimum Gasteiger partial charge on any atom is -0.507 e. The minimum absolute atomic E-state index is 0.0382. The standard InChI is InChI=1S/C24H24O2S/c1-2-3-13-27-17-21(14-18-9-5-4-6-10-18)24(26)22-15-19-11-7-8-12-20(19)16-23(22)25/h4-12,14-16,25H,2-3,13,17H2,1H3/b21-14-. The van der Waals surface area contributed by atoms with Crippen molar-refractivity contribution in [1.82, 2.24) is 0 Å². The number of benzene rings is 3. The second-order valence-electron chi connectivity index (χ2n) is 6.53. The number of carbonyl (C=O) groups is 1. The van der Waals surface area contributed by atoms with E-state index in [1.165, 1.54) is 0 Å². The number of phenolic OH excluding ortho intramolecular Hbond substituents is 1. The number of phenols is 1. The first kappa shape index (κ1) is 19.2. The monoisotopic (exact) mass is 376 g/mol. The Labute approximate surface area is 164 Å². The quantitative estimate of drug-likeness (QED) is 0.283. The number of rotatable bonds is 8. The first-order valence-corrected chi connectivity index (χ1v) is 10.4. The molecule has 0 aliphatic heterocycles. The zero-order valence-electron chi connectivity index (χ0n) is 15.5. The van der Waals surface area contributed by atoms with Gasteiger partial charge < -0.3 is 5.11 Å². The second-order valence-corrected chi connectivity index (χ2v) is 7.64. The van der Waals surface area contributed by atoms with E-state index in [1.807, 2.05) is 60.7 Å². The molecule has 3 aromatic rings. The predicted octanol–water partition coefficient (Wildman–Crippen LogP) is 6.35. The highest BCUT2D eigenvalue weighted by molar-refractivity contribution is 7.99. The summed E-state index contributed by atoms with van der Waals surface area (Å²) in [5.74, 6) is 1.60. The molecule has 0 aromatic heterocycles. The van der Waals surface area contributed by atoms with Gasteiger partial charge in [-0.1, -0.05) is 67.9 Å². The van der Waals surface area contributed by atoms with E-state index in [4.69, 9.17) is 0 Å². The van der Waals surface area contributed by atoms with Crippen LogP contribution in [0.2, 0.25) is 0 Å². The molecule has 0 amide bonds. The summed E-state index contributed by atoms with van der Waals surface area (Å²) < 4.78 is 0. The number of hydrogen-bond acceptors (Lipinski definition) is 3. The molecule has 138 valence electrons. The second kappa shape index (κ2) is 9.43. The molecule has 0 saturated heterocycles. The van der Waals surface area contributed by atoms with Crippen LogP contribution in [-0.2, 0) is 0 Å². The van der Waals surface area contributed by atoms with Gasteiger partial charge in [-0.3, -0.25) is 4.79 Å². The van der Waals surface area contributed by atoms with Crippen molar-refractivity contribution in [2.45, 2.75) is 19.8 Å². The van der Waals surface area contributed by atoms with E-state index in [0.717, 1.165) is 34.9 Å². The van der Waals surface area contributed by atoms with Crippen LogP contribution >= 0.6 is 11.8 Å². The highest BCUT2D eigenvalue weighted by atomic mass is 32.2. The fourth-order valence-corrected chi connectivity index (χ4v) is 4.01. The number of ketones is 1. The summed E-state index contributed by atoms with van der Waals surface area (Å²) in [5, 5.41) is 12.3. The van der Waals surface area contributed by atoms with Crippen molar-refractivity contribution in [3.8, 4) is 5.75 Å². The zero-order valence-corrected chi connectivity index (χ0v) is 16.3. The molecular weight excluding hydrogens is 352 g/mol. The lowest BCUT2D eigenvalue weighted by molar-refractivity contribution is 0.103. The van der Waals surface area contributed by atoms with Crippen molar-refractivity contribution in [2.24, 2.45) is 0 Å². The Kier molecular flexibility index (Phi) is 6.72. The summed E-state index contributed by atoms with van der Waals surface area (Å²) in [6.45, 7) is 2.17. The van der Waals surface area contributed by atoms with Crippen molar-refractivity contribution in [3.05, 3.63) is 83.4 Å². The Bertz CT molecular complexity index is 945. The number of Topliss-reactive ketones (excluding diaryl/α,β-unsaturated/α-hetero) is 1. The van der Waals surface area contributed by atoms with Crippen LogP contribution < -0.4 is 0 Å². The first-order chi connectivity index (χ1) is 13.2. The van der Waals surface area contributed by atoms with Crippen LogP contribution in [0.4, 0.5) is 0 Å². The average molecular weight is 377 g/mol. The van der Waals surface area contributed by atoms with Gasteiger partial charge in [0.25, 0.3) is 0 Å². The van der Waals surface area contributed by atoms with Crippen LogP contribution in [0.1, 0.15) is 35.7 Å². The van der Waals surface area contributed by atoms with Crippen LogP contribution in [0.25, 0.3) is 16.8 Å². The third-order valence-electron chi connectivity index (χ3n) is 4.44. The number of aromatic hydroxyl groups is 1. The van der Waals surface area contributed by atoms with E-state index in [0.29, 0.717) is 16.9 Å². The Morgan fingerprint density at radius 3 is 2.37 bits per heavy atom. The molecule has 0 heterocycles. The van der Waals surface area contributed by atoms with Crippen molar-refractivity contribution in [3.63, 3.8) is 0 Å². The fourth-order valence-electron chi connectivity index (χ4n) is 2.93. The molecule has 1 N–H and O–H groups in total. The molecule has 3 rings (SSSR count). The predicted molar refractivity (Wildman–Crippen MR) is 117 cm³/mol. The van der Waals surface area contributed by atoms with Gasteiger partial charge in [-0.05, 0) is 46.7 Å². The van der Waals surface area contributed by atoms with E-state index in [9.17, 15) is 9.90 Å². The molecule has 0 unspecified atom stereocenters. The molecule has 0 aliphatic carbocycles. The molecule has 3 aromatic carbocycles. The van der Waals surface area contributed by atoms with Gasteiger partial charge in [-0.25, -0.2) is 0 Å². The molecule has 0 atom stereocenters. The van der Waals surface area contributed by atoms with Crippen molar-refractivity contribution in [2.75, 3.05) is 11.5 Å². The molecule has 0 radical (unpaired) electrons. The average Bonchev–Trinajstić information content (AvgIpc) is 2.70. The zero-order chi connectivity index (χ0) is 19.1. The van der Waals surface area contributed by atoms with Gasteiger partial charge >= 0.3 is 0 Å². The smallest absolute Gasteiger partial charge is 0.193 e. The minimum atomic E-state index is -0.105. The normalized spacial score (nSPS) is 11.7. The van der Waals surface area contributed by atoms with Gasteiger partial charge in [0.1, 0.15) is 5.75 Å². The van der Waals surface area contributed by atoms with Crippen LogP contribution in [0.3, 0.4) is 0 Å². The van der Waals surface area contributed by atoms with Gasteiger partial charge in [0, 0.05) is 11.3 Å². The lowest BCUT2D eigenvalue weighted by atomic mass is 9.98. The van der Waals surface area contributed by atoms with Crippen LogP contribution in [0.5, 0.6) is 5.75 Å². The molecule has 0 fully saturated rings. The van der Waals surface area contributed by atoms with Crippen molar-refractivity contribution in [1.29, 1.82) is 0 Å².